The van der Waals surface area contributed by atoms with Crippen molar-refractivity contribution in [2.45, 2.75) is 37.8 Å². The maximum Gasteiger partial charge on any atom is 0.224 e. The van der Waals surface area contributed by atoms with Gasteiger partial charge in [0.25, 0.3) is 0 Å². The van der Waals surface area contributed by atoms with Crippen LogP contribution in [0.25, 0.3) is 0 Å². The average Bonchev–Trinajstić information content (AvgIpc) is 3.27. The summed E-state index contributed by atoms with van der Waals surface area (Å²) in [5, 5.41) is 9.98. The number of hydrogen-bond donors (Lipinski definition) is 3. The van der Waals surface area contributed by atoms with Crippen molar-refractivity contribution < 1.29 is 4.79 Å². The van der Waals surface area contributed by atoms with Crippen LogP contribution in [-0.2, 0) is 11.2 Å². The molecule has 2 aliphatic heterocycles. The molecule has 158 valence electrons. The van der Waals surface area contributed by atoms with Crippen LogP contribution < -0.4 is 16.0 Å². The fraction of sp³-hybridized carbons (Fsp3) is 0.667. The second-order valence-corrected chi connectivity index (χ2v) is 8.22. The maximum absolute atomic E-state index is 12.6. The number of carbonyl (C=O) groups is 1. The molecule has 2 unspecified atom stereocenters. The highest BCUT2D eigenvalue weighted by Crippen LogP contribution is 2.31. The SMILES string of the molecule is CN(CC1CN(C(=O)CCNC2=NCCN2)CCN1)C1CCCc2cccnc21. The summed E-state index contributed by atoms with van der Waals surface area (Å²) in [5.74, 6) is 1.04. The first-order chi connectivity index (χ1) is 14.2. The molecule has 0 spiro atoms. The zero-order chi connectivity index (χ0) is 20.1. The van der Waals surface area contributed by atoms with E-state index in [4.69, 9.17) is 0 Å². The second kappa shape index (κ2) is 9.54. The van der Waals surface area contributed by atoms with Gasteiger partial charge in [-0.1, -0.05) is 6.07 Å². The Morgan fingerprint density at radius 3 is 3.21 bits per heavy atom. The second-order valence-electron chi connectivity index (χ2n) is 8.22. The number of nitrogens with one attached hydrogen (secondary N) is 3. The van der Waals surface area contributed by atoms with Crippen LogP contribution in [0, 0.1) is 0 Å². The Bertz CT molecular complexity index is 737. The van der Waals surface area contributed by atoms with E-state index in [1.165, 1.54) is 17.7 Å². The first kappa shape index (κ1) is 20.1. The largest absolute Gasteiger partial charge is 0.356 e. The summed E-state index contributed by atoms with van der Waals surface area (Å²) in [6.07, 6.45) is 5.91. The van der Waals surface area contributed by atoms with Crippen molar-refractivity contribution in [3.8, 4) is 0 Å². The molecule has 8 nitrogen and oxygen atoms in total. The average molecular weight is 400 g/mol. The summed E-state index contributed by atoms with van der Waals surface area (Å²) in [7, 11) is 2.19. The Kier molecular flexibility index (Phi) is 6.61. The number of aryl methyl sites for hydroxylation is 1. The Hall–Kier alpha value is -2.19. The summed E-state index contributed by atoms with van der Waals surface area (Å²) in [4.78, 5) is 26.0. The molecule has 0 radical (unpaired) electrons. The number of likely N-dealkylation sites (N-methyl/N-ethyl adjacent to an activating group) is 1. The molecule has 29 heavy (non-hydrogen) atoms. The van der Waals surface area contributed by atoms with Gasteiger partial charge in [0, 0.05) is 57.9 Å². The van der Waals surface area contributed by atoms with Crippen LogP contribution in [0.1, 0.15) is 36.6 Å². The minimum absolute atomic E-state index is 0.218. The molecule has 3 heterocycles. The zero-order valence-electron chi connectivity index (χ0n) is 17.4. The van der Waals surface area contributed by atoms with Gasteiger partial charge in [-0.3, -0.25) is 19.7 Å². The summed E-state index contributed by atoms with van der Waals surface area (Å²) in [5.41, 5.74) is 2.62. The number of fused-ring (bicyclic) bond motifs is 1. The maximum atomic E-state index is 12.6. The van der Waals surface area contributed by atoms with Gasteiger partial charge in [0.1, 0.15) is 0 Å². The number of guanidine groups is 1. The normalized spacial score (nSPS) is 24.1. The number of piperazine rings is 1. The van der Waals surface area contributed by atoms with Gasteiger partial charge in [0.05, 0.1) is 18.3 Å². The standard InChI is InChI=1S/C21H33N7O/c1-27(18-6-2-4-16-5-3-8-23-20(16)18)14-17-15-28(13-12-22-17)19(29)7-9-24-21-25-10-11-26-21/h3,5,8,17-18,22H,2,4,6-7,9-15H2,1H3,(H2,24,25,26). The molecule has 1 saturated heterocycles. The van der Waals surface area contributed by atoms with Gasteiger partial charge in [-0.25, -0.2) is 0 Å². The molecule has 0 aromatic carbocycles. The lowest BCUT2D eigenvalue weighted by Crippen LogP contribution is -2.56. The number of aliphatic imine (C=N–C) groups is 1. The lowest BCUT2D eigenvalue weighted by atomic mass is 9.91. The van der Waals surface area contributed by atoms with Gasteiger partial charge in [-0.05, 0) is 37.9 Å². The van der Waals surface area contributed by atoms with Crippen LogP contribution in [-0.4, -0.2) is 85.6 Å². The van der Waals surface area contributed by atoms with Gasteiger partial charge in [-0.2, -0.15) is 0 Å². The minimum Gasteiger partial charge on any atom is -0.356 e. The fourth-order valence-electron chi connectivity index (χ4n) is 4.63. The number of aromatic nitrogens is 1. The van der Waals surface area contributed by atoms with Crippen molar-refractivity contribution in [2.24, 2.45) is 4.99 Å². The van der Waals surface area contributed by atoms with E-state index in [9.17, 15) is 4.79 Å². The molecule has 0 saturated carbocycles. The Labute approximate surface area is 173 Å². The molecule has 1 aromatic rings. The molecule has 3 N–H and O–H groups in total. The van der Waals surface area contributed by atoms with Crippen LogP contribution >= 0.6 is 0 Å². The van der Waals surface area contributed by atoms with E-state index < -0.39 is 0 Å². The summed E-state index contributed by atoms with van der Waals surface area (Å²) < 4.78 is 0. The number of pyridine rings is 1. The van der Waals surface area contributed by atoms with Gasteiger partial charge >= 0.3 is 0 Å². The Balaban J connectivity index is 1.27. The molecule has 4 rings (SSSR count). The first-order valence-corrected chi connectivity index (χ1v) is 10.9. The third-order valence-corrected chi connectivity index (χ3v) is 6.12. The van der Waals surface area contributed by atoms with E-state index in [1.54, 1.807) is 0 Å². The summed E-state index contributed by atoms with van der Waals surface area (Å²) >= 11 is 0. The van der Waals surface area contributed by atoms with Gasteiger partial charge in [0.15, 0.2) is 5.96 Å². The van der Waals surface area contributed by atoms with E-state index in [0.717, 1.165) is 58.1 Å². The van der Waals surface area contributed by atoms with E-state index in [-0.39, 0.29) is 5.91 Å². The molecular weight excluding hydrogens is 366 g/mol. The van der Waals surface area contributed by atoms with Crippen molar-refractivity contribution in [3.63, 3.8) is 0 Å². The molecule has 2 atom stereocenters. The highest BCUT2D eigenvalue weighted by Gasteiger charge is 2.29. The van der Waals surface area contributed by atoms with Crippen molar-refractivity contribution in [1.82, 2.24) is 30.7 Å². The van der Waals surface area contributed by atoms with E-state index in [2.05, 4.69) is 43.9 Å². The quantitative estimate of drug-likeness (QED) is 0.631. The lowest BCUT2D eigenvalue weighted by molar-refractivity contribution is -0.132. The third kappa shape index (κ3) is 5.05. The molecule has 8 heteroatoms. The number of amides is 1. The lowest BCUT2D eigenvalue weighted by Gasteiger charge is -2.39. The van der Waals surface area contributed by atoms with Crippen LogP contribution in [0.5, 0.6) is 0 Å². The van der Waals surface area contributed by atoms with Crippen LogP contribution in [0.4, 0.5) is 0 Å². The molecule has 3 aliphatic rings. The van der Waals surface area contributed by atoms with Gasteiger partial charge in [-0.15, -0.1) is 0 Å². The fourth-order valence-corrected chi connectivity index (χ4v) is 4.63. The smallest absolute Gasteiger partial charge is 0.224 e. The van der Waals surface area contributed by atoms with Crippen molar-refractivity contribution in [1.29, 1.82) is 0 Å². The number of rotatable bonds is 6. The summed E-state index contributed by atoms with van der Waals surface area (Å²) in [6.45, 7) is 5.64. The predicted molar refractivity (Wildman–Crippen MR) is 114 cm³/mol. The monoisotopic (exact) mass is 399 g/mol. The van der Waals surface area contributed by atoms with Crippen molar-refractivity contribution in [2.75, 3.05) is 52.9 Å². The van der Waals surface area contributed by atoms with E-state index in [1.807, 2.05) is 17.2 Å². The van der Waals surface area contributed by atoms with Crippen LogP contribution in [0.15, 0.2) is 23.3 Å². The predicted octanol–water partition coefficient (Wildman–Crippen LogP) is 0.130. The molecule has 1 aromatic heterocycles. The van der Waals surface area contributed by atoms with E-state index in [0.29, 0.717) is 25.0 Å². The topological polar surface area (TPSA) is 84.9 Å². The molecular formula is C21H33N7O. The number of nitrogens with zero attached hydrogens (tertiary/aromatic N) is 4. The Morgan fingerprint density at radius 1 is 1.41 bits per heavy atom. The van der Waals surface area contributed by atoms with E-state index >= 15 is 0 Å². The zero-order valence-corrected chi connectivity index (χ0v) is 17.4. The van der Waals surface area contributed by atoms with Crippen molar-refractivity contribution >= 4 is 11.9 Å². The third-order valence-electron chi connectivity index (χ3n) is 6.12. The van der Waals surface area contributed by atoms with Crippen molar-refractivity contribution in [3.05, 3.63) is 29.6 Å². The number of hydrogen-bond acceptors (Lipinski definition) is 7. The van der Waals surface area contributed by atoms with Gasteiger partial charge < -0.3 is 20.9 Å². The molecule has 1 amide bonds. The summed E-state index contributed by atoms with van der Waals surface area (Å²) in [6, 6.07) is 4.91. The minimum atomic E-state index is 0.218. The molecule has 1 fully saturated rings. The first-order valence-electron chi connectivity index (χ1n) is 10.9. The highest BCUT2D eigenvalue weighted by molar-refractivity contribution is 5.82. The number of carbonyl (C=O) groups excluding carboxylic acids is 1. The molecule has 1 aliphatic carbocycles. The molecule has 0 bridgehead atoms. The van der Waals surface area contributed by atoms with Gasteiger partial charge in [0.2, 0.25) is 5.91 Å². The van der Waals surface area contributed by atoms with Crippen LogP contribution in [0.2, 0.25) is 0 Å². The highest BCUT2D eigenvalue weighted by atomic mass is 16.2. The Morgan fingerprint density at radius 2 is 2.34 bits per heavy atom. The van der Waals surface area contributed by atoms with Crippen LogP contribution in [0.3, 0.4) is 0 Å².